The zero-order valence-corrected chi connectivity index (χ0v) is 9.60. The molecule has 0 radical (unpaired) electrons. The van der Waals surface area contributed by atoms with Crippen LogP contribution in [0.25, 0.3) is 0 Å². The SMILES string of the molecule is COC(=O)C[C@@H](OC(C)=O)c1ccc(F)cc1. The number of benzene rings is 1. The molecule has 0 aliphatic carbocycles. The van der Waals surface area contributed by atoms with Crippen molar-refractivity contribution in [2.75, 3.05) is 7.11 Å². The molecule has 0 amide bonds. The van der Waals surface area contributed by atoms with Gasteiger partial charge in [-0.1, -0.05) is 12.1 Å². The first kappa shape index (κ1) is 13.2. The lowest BCUT2D eigenvalue weighted by atomic mass is 10.1. The van der Waals surface area contributed by atoms with E-state index < -0.39 is 23.9 Å². The number of hydrogen-bond acceptors (Lipinski definition) is 4. The van der Waals surface area contributed by atoms with E-state index >= 15 is 0 Å². The first-order chi connectivity index (χ1) is 8.02. The van der Waals surface area contributed by atoms with E-state index in [-0.39, 0.29) is 6.42 Å². The molecule has 1 atom stereocenters. The van der Waals surface area contributed by atoms with E-state index in [0.29, 0.717) is 5.56 Å². The maximum Gasteiger partial charge on any atom is 0.309 e. The van der Waals surface area contributed by atoms with Crippen molar-refractivity contribution in [1.29, 1.82) is 0 Å². The number of halogens is 1. The predicted octanol–water partition coefficient (Wildman–Crippen LogP) is 1.99. The second-order valence-corrected chi connectivity index (χ2v) is 3.43. The molecule has 0 heterocycles. The van der Waals surface area contributed by atoms with Gasteiger partial charge >= 0.3 is 11.9 Å². The van der Waals surface area contributed by atoms with Gasteiger partial charge < -0.3 is 9.47 Å². The Morgan fingerprint density at radius 1 is 1.29 bits per heavy atom. The van der Waals surface area contributed by atoms with Gasteiger partial charge in [0.2, 0.25) is 0 Å². The molecule has 0 saturated heterocycles. The second kappa shape index (κ2) is 5.98. The summed E-state index contributed by atoms with van der Waals surface area (Å²) in [7, 11) is 1.25. The summed E-state index contributed by atoms with van der Waals surface area (Å²) in [6.45, 7) is 1.24. The molecule has 0 bridgehead atoms. The normalized spacial score (nSPS) is 11.7. The van der Waals surface area contributed by atoms with E-state index in [1.54, 1.807) is 0 Å². The smallest absolute Gasteiger partial charge is 0.309 e. The molecule has 4 nitrogen and oxygen atoms in total. The van der Waals surface area contributed by atoms with Crippen LogP contribution < -0.4 is 0 Å². The number of methoxy groups -OCH3 is 1. The number of ether oxygens (including phenoxy) is 2. The van der Waals surface area contributed by atoms with Gasteiger partial charge in [-0.2, -0.15) is 0 Å². The Balaban J connectivity index is 2.85. The van der Waals surface area contributed by atoms with Crippen LogP contribution in [0.2, 0.25) is 0 Å². The summed E-state index contributed by atoms with van der Waals surface area (Å²) in [4.78, 5) is 22.1. The van der Waals surface area contributed by atoms with Gasteiger partial charge in [0, 0.05) is 6.92 Å². The van der Waals surface area contributed by atoms with Crippen LogP contribution in [0.15, 0.2) is 24.3 Å². The van der Waals surface area contributed by atoms with E-state index in [2.05, 4.69) is 4.74 Å². The maximum atomic E-state index is 12.7. The van der Waals surface area contributed by atoms with Gasteiger partial charge in [0.05, 0.1) is 13.5 Å². The quantitative estimate of drug-likeness (QED) is 0.755. The zero-order valence-electron chi connectivity index (χ0n) is 9.60. The molecule has 0 aliphatic rings. The van der Waals surface area contributed by atoms with Crippen LogP contribution in [0.1, 0.15) is 25.0 Å². The number of esters is 2. The number of carbonyl (C=O) groups excluding carboxylic acids is 2. The molecule has 0 unspecified atom stereocenters. The lowest BCUT2D eigenvalue weighted by molar-refractivity contribution is -0.152. The Morgan fingerprint density at radius 2 is 1.88 bits per heavy atom. The van der Waals surface area contributed by atoms with Crippen molar-refractivity contribution in [1.82, 2.24) is 0 Å². The molecule has 0 N–H and O–H groups in total. The van der Waals surface area contributed by atoms with Crippen LogP contribution in [0.3, 0.4) is 0 Å². The minimum Gasteiger partial charge on any atom is -0.469 e. The Kier molecular flexibility index (Phi) is 4.63. The lowest BCUT2D eigenvalue weighted by Gasteiger charge is -2.16. The molecule has 1 aromatic carbocycles. The first-order valence-corrected chi connectivity index (χ1v) is 5.02. The predicted molar refractivity (Wildman–Crippen MR) is 57.5 cm³/mol. The highest BCUT2D eigenvalue weighted by molar-refractivity contribution is 5.71. The average molecular weight is 240 g/mol. The Bertz CT molecular complexity index is 399. The molecule has 0 aromatic heterocycles. The largest absolute Gasteiger partial charge is 0.469 e. The fourth-order valence-electron chi connectivity index (χ4n) is 1.34. The van der Waals surface area contributed by atoms with E-state index in [0.717, 1.165) is 0 Å². The molecular weight excluding hydrogens is 227 g/mol. The molecule has 1 rings (SSSR count). The van der Waals surface area contributed by atoms with Crippen molar-refractivity contribution < 1.29 is 23.5 Å². The molecule has 17 heavy (non-hydrogen) atoms. The highest BCUT2D eigenvalue weighted by Crippen LogP contribution is 2.22. The van der Waals surface area contributed by atoms with Crippen LogP contribution in [-0.2, 0) is 19.1 Å². The Morgan fingerprint density at radius 3 is 2.35 bits per heavy atom. The Hall–Kier alpha value is -1.91. The maximum absolute atomic E-state index is 12.7. The number of rotatable bonds is 4. The molecule has 0 spiro atoms. The number of carbonyl (C=O) groups is 2. The van der Waals surface area contributed by atoms with Crippen molar-refractivity contribution in [2.45, 2.75) is 19.4 Å². The minimum absolute atomic E-state index is 0.0955. The standard InChI is InChI=1S/C12H13FO4/c1-8(14)17-11(7-12(15)16-2)9-3-5-10(13)6-4-9/h3-6,11H,7H2,1-2H3/t11-/m1/s1. The third-order valence-corrected chi connectivity index (χ3v) is 2.13. The highest BCUT2D eigenvalue weighted by atomic mass is 19.1. The van der Waals surface area contributed by atoms with Crippen molar-refractivity contribution in [3.63, 3.8) is 0 Å². The van der Waals surface area contributed by atoms with Crippen molar-refractivity contribution in [2.24, 2.45) is 0 Å². The summed E-state index contributed by atoms with van der Waals surface area (Å²) in [5.41, 5.74) is 0.548. The fourth-order valence-corrected chi connectivity index (χ4v) is 1.34. The van der Waals surface area contributed by atoms with E-state index in [1.807, 2.05) is 0 Å². The lowest BCUT2D eigenvalue weighted by Crippen LogP contribution is -2.14. The molecule has 5 heteroatoms. The van der Waals surface area contributed by atoms with Gasteiger partial charge in [0.1, 0.15) is 11.9 Å². The monoisotopic (exact) mass is 240 g/mol. The second-order valence-electron chi connectivity index (χ2n) is 3.43. The summed E-state index contributed by atoms with van der Waals surface area (Å²) in [6, 6.07) is 5.41. The molecular formula is C12H13FO4. The Labute approximate surface area is 98.3 Å². The van der Waals surface area contributed by atoms with Gasteiger partial charge in [0.25, 0.3) is 0 Å². The van der Waals surface area contributed by atoms with E-state index in [1.165, 1.54) is 38.3 Å². The molecule has 92 valence electrons. The van der Waals surface area contributed by atoms with E-state index in [9.17, 15) is 14.0 Å². The van der Waals surface area contributed by atoms with Gasteiger partial charge in [-0.05, 0) is 17.7 Å². The van der Waals surface area contributed by atoms with Crippen LogP contribution in [0, 0.1) is 5.82 Å². The summed E-state index contributed by atoms with van der Waals surface area (Å²) in [5.74, 6) is -1.41. The summed E-state index contributed by atoms with van der Waals surface area (Å²) in [5, 5.41) is 0. The van der Waals surface area contributed by atoms with Crippen LogP contribution in [0.4, 0.5) is 4.39 Å². The van der Waals surface area contributed by atoms with Crippen molar-refractivity contribution in [3.05, 3.63) is 35.6 Å². The number of hydrogen-bond donors (Lipinski definition) is 0. The highest BCUT2D eigenvalue weighted by Gasteiger charge is 2.19. The van der Waals surface area contributed by atoms with Crippen molar-refractivity contribution >= 4 is 11.9 Å². The van der Waals surface area contributed by atoms with Gasteiger partial charge in [-0.25, -0.2) is 4.39 Å². The average Bonchev–Trinajstić information content (AvgIpc) is 2.28. The molecule has 1 aromatic rings. The first-order valence-electron chi connectivity index (χ1n) is 5.02. The molecule has 0 saturated carbocycles. The molecule has 0 aliphatic heterocycles. The van der Waals surface area contributed by atoms with Gasteiger partial charge in [-0.3, -0.25) is 9.59 Å². The minimum atomic E-state index is -0.749. The van der Waals surface area contributed by atoms with Crippen LogP contribution in [0.5, 0.6) is 0 Å². The van der Waals surface area contributed by atoms with Gasteiger partial charge in [-0.15, -0.1) is 0 Å². The topological polar surface area (TPSA) is 52.6 Å². The van der Waals surface area contributed by atoms with Crippen LogP contribution in [-0.4, -0.2) is 19.0 Å². The fraction of sp³-hybridized carbons (Fsp3) is 0.333. The summed E-state index contributed by atoms with van der Waals surface area (Å²) in [6.07, 6.45) is -0.845. The summed E-state index contributed by atoms with van der Waals surface area (Å²) < 4.78 is 22.2. The van der Waals surface area contributed by atoms with Crippen molar-refractivity contribution in [3.8, 4) is 0 Å². The van der Waals surface area contributed by atoms with Gasteiger partial charge in [0.15, 0.2) is 0 Å². The summed E-state index contributed by atoms with van der Waals surface area (Å²) >= 11 is 0. The van der Waals surface area contributed by atoms with Crippen LogP contribution >= 0.6 is 0 Å². The third-order valence-electron chi connectivity index (χ3n) is 2.13. The molecule has 0 fully saturated rings. The van der Waals surface area contributed by atoms with E-state index in [4.69, 9.17) is 4.74 Å². The zero-order chi connectivity index (χ0) is 12.8. The third kappa shape index (κ3) is 4.22.